The first-order valence-corrected chi connectivity index (χ1v) is 9.01. The van der Waals surface area contributed by atoms with Gasteiger partial charge in [0.25, 0.3) is 0 Å². The molecule has 1 amide bonds. The van der Waals surface area contributed by atoms with Gasteiger partial charge in [-0.15, -0.1) is 0 Å². The summed E-state index contributed by atoms with van der Waals surface area (Å²) < 4.78 is 5.04. The molecule has 138 valence electrons. The summed E-state index contributed by atoms with van der Waals surface area (Å²) in [5.41, 5.74) is 2.02. The fourth-order valence-electron chi connectivity index (χ4n) is 3.14. The number of Topliss-reactive ketones (excluding diaryl/α,β-unsaturated/α-hetero) is 1. The van der Waals surface area contributed by atoms with E-state index in [0.717, 1.165) is 12.8 Å². The van der Waals surface area contributed by atoms with Crippen LogP contribution in [0.5, 0.6) is 0 Å². The van der Waals surface area contributed by atoms with Crippen molar-refractivity contribution in [3.8, 4) is 0 Å². The lowest BCUT2D eigenvalue weighted by Gasteiger charge is -2.28. The Hall–Kier alpha value is -2.11. The molecule has 0 bridgehead atoms. The van der Waals surface area contributed by atoms with E-state index < -0.39 is 12.0 Å². The second-order valence-electron chi connectivity index (χ2n) is 6.73. The summed E-state index contributed by atoms with van der Waals surface area (Å²) in [6, 6.07) is -0.545. The zero-order chi connectivity index (χ0) is 18.7. The van der Waals surface area contributed by atoms with Crippen LogP contribution in [0.2, 0.25) is 0 Å². The molecular weight excluding hydrogens is 320 g/mol. The van der Waals surface area contributed by atoms with Gasteiger partial charge < -0.3 is 14.6 Å². The molecule has 0 aliphatic heterocycles. The number of hydrogen-bond acceptors (Lipinski definition) is 4. The predicted molar refractivity (Wildman–Crippen MR) is 94.7 cm³/mol. The molecule has 0 radical (unpaired) electrons. The highest BCUT2D eigenvalue weighted by molar-refractivity contribution is 6.06. The number of hydrogen-bond donors (Lipinski definition) is 1. The molecule has 1 atom stereocenters. The highest BCUT2D eigenvalue weighted by atomic mass is 16.5. The van der Waals surface area contributed by atoms with Crippen LogP contribution >= 0.6 is 0 Å². The van der Waals surface area contributed by atoms with Gasteiger partial charge in [-0.05, 0) is 52.0 Å². The van der Waals surface area contributed by atoms with Crippen LogP contribution < -0.4 is 0 Å². The van der Waals surface area contributed by atoms with E-state index in [9.17, 15) is 14.4 Å². The Labute approximate surface area is 148 Å². The first kappa shape index (κ1) is 19.2. The highest BCUT2D eigenvalue weighted by Gasteiger charge is 2.34. The van der Waals surface area contributed by atoms with Gasteiger partial charge in [0.15, 0.2) is 5.78 Å². The minimum absolute atomic E-state index is 0.00999. The molecule has 1 fully saturated rings. The number of carbonyl (C=O) groups excluding carboxylic acids is 3. The summed E-state index contributed by atoms with van der Waals surface area (Å²) in [6.07, 6.45) is 2.61. The SMILES string of the molecule is CCOC(=O)c1[nH]c(C)c(C(=O)C(C)N(CC2CC2)C(=O)CC)c1C. The monoisotopic (exact) mass is 348 g/mol. The van der Waals surface area contributed by atoms with E-state index in [1.54, 1.807) is 32.6 Å². The van der Waals surface area contributed by atoms with Crippen molar-refractivity contribution in [3.05, 3.63) is 22.5 Å². The maximum absolute atomic E-state index is 13.1. The molecule has 0 aromatic carbocycles. The van der Waals surface area contributed by atoms with E-state index in [4.69, 9.17) is 4.74 Å². The number of aryl methyl sites for hydroxylation is 1. The van der Waals surface area contributed by atoms with Gasteiger partial charge >= 0.3 is 5.97 Å². The molecule has 6 heteroatoms. The molecule has 0 spiro atoms. The van der Waals surface area contributed by atoms with Gasteiger partial charge in [0.1, 0.15) is 5.69 Å². The van der Waals surface area contributed by atoms with Crippen molar-refractivity contribution in [3.63, 3.8) is 0 Å². The lowest BCUT2D eigenvalue weighted by molar-refractivity contribution is -0.132. The Kier molecular flexibility index (Phi) is 6.03. The van der Waals surface area contributed by atoms with E-state index >= 15 is 0 Å². The molecule has 1 saturated carbocycles. The van der Waals surface area contributed by atoms with Gasteiger partial charge in [-0.1, -0.05) is 6.92 Å². The maximum Gasteiger partial charge on any atom is 0.355 e. The fourth-order valence-corrected chi connectivity index (χ4v) is 3.14. The van der Waals surface area contributed by atoms with Gasteiger partial charge in [0, 0.05) is 24.2 Å². The summed E-state index contributed by atoms with van der Waals surface area (Å²) in [5, 5.41) is 0. The van der Waals surface area contributed by atoms with Crippen molar-refractivity contribution in [1.29, 1.82) is 0 Å². The predicted octanol–water partition coefficient (Wildman–Crippen LogP) is 3.03. The largest absolute Gasteiger partial charge is 0.461 e. The Morgan fingerprint density at radius 2 is 1.88 bits per heavy atom. The lowest BCUT2D eigenvalue weighted by Crippen LogP contribution is -2.44. The number of ether oxygens (including phenoxy) is 1. The zero-order valence-electron chi connectivity index (χ0n) is 15.8. The number of nitrogens with zero attached hydrogens (tertiary/aromatic N) is 1. The summed E-state index contributed by atoms with van der Waals surface area (Å²) in [4.78, 5) is 42.1. The number of amides is 1. The Balaban J connectivity index is 2.28. The number of aromatic nitrogens is 1. The van der Waals surface area contributed by atoms with Crippen LogP contribution in [0, 0.1) is 19.8 Å². The smallest absolute Gasteiger partial charge is 0.355 e. The molecular formula is C19H28N2O4. The standard InChI is InChI=1S/C19H28N2O4/c1-6-15(22)21(10-14-8-9-14)13(5)18(23)16-11(3)17(20-12(16)4)19(24)25-7-2/h13-14,20H,6-10H2,1-5H3. The van der Waals surface area contributed by atoms with E-state index in [-0.39, 0.29) is 18.3 Å². The maximum atomic E-state index is 13.1. The summed E-state index contributed by atoms with van der Waals surface area (Å²) in [6.45, 7) is 9.73. The number of ketones is 1. The lowest BCUT2D eigenvalue weighted by atomic mass is 9.99. The van der Waals surface area contributed by atoms with Crippen LogP contribution in [-0.2, 0) is 9.53 Å². The van der Waals surface area contributed by atoms with Crippen molar-refractivity contribution in [1.82, 2.24) is 9.88 Å². The number of esters is 1. The average Bonchev–Trinajstić information content (AvgIpc) is 3.35. The third-order valence-electron chi connectivity index (χ3n) is 4.79. The molecule has 1 heterocycles. The first-order valence-electron chi connectivity index (χ1n) is 9.01. The normalized spacial score (nSPS) is 14.9. The Morgan fingerprint density at radius 1 is 1.24 bits per heavy atom. The molecule has 1 aliphatic carbocycles. The number of rotatable bonds is 8. The molecule has 1 aromatic rings. The molecule has 0 saturated heterocycles. The molecule has 1 aromatic heterocycles. The average molecular weight is 348 g/mol. The first-order chi connectivity index (χ1) is 11.8. The third-order valence-corrected chi connectivity index (χ3v) is 4.79. The van der Waals surface area contributed by atoms with Gasteiger partial charge in [-0.25, -0.2) is 4.79 Å². The van der Waals surface area contributed by atoms with E-state index in [2.05, 4.69) is 4.98 Å². The van der Waals surface area contributed by atoms with E-state index in [1.807, 2.05) is 6.92 Å². The van der Waals surface area contributed by atoms with Gasteiger partial charge in [0.05, 0.1) is 12.6 Å². The molecule has 2 rings (SSSR count). The van der Waals surface area contributed by atoms with Crippen LogP contribution in [0.4, 0.5) is 0 Å². The van der Waals surface area contributed by atoms with E-state index in [0.29, 0.717) is 41.4 Å². The number of carbonyl (C=O) groups is 3. The molecule has 1 unspecified atom stereocenters. The summed E-state index contributed by atoms with van der Waals surface area (Å²) in [7, 11) is 0. The minimum Gasteiger partial charge on any atom is -0.461 e. The number of aromatic amines is 1. The molecule has 6 nitrogen and oxygen atoms in total. The topological polar surface area (TPSA) is 79.5 Å². The summed E-state index contributed by atoms with van der Waals surface area (Å²) >= 11 is 0. The van der Waals surface area contributed by atoms with Crippen LogP contribution in [0.1, 0.15) is 72.1 Å². The molecule has 1 aliphatic rings. The van der Waals surface area contributed by atoms with E-state index in [1.165, 1.54) is 0 Å². The quantitative estimate of drug-likeness (QED) is 0.578. The van der Waals surface area contributed by atoms with Crippen molar-refractivity contribution in [2.75, 3.05) is 13.2 Å². The van der Waals surface area contributed by atoms with Gasteiger partial charge in [-0.3, -0.25) is 9.59 Å². The van der Waals surface area contributed by atoms with Crippen LogP contribution in [0.15, 0.2) is 0 Å². The molecule has 1 N–H and O–H groups in total. The van der Waals surface area contributed by atoms with Gasteiger partial charge in [-0.2, -0.15) is 0 Å². The van der Waals surface area contributed by atoms with Crippen molar-refractivity contribution >= 4 is 17.7 Å². The third kappa shape index (κ3) is 4.11. The Bertz CT molecular complexity index is 673. The molecule has 25 heavy (non-hydrogen) atoms. The highest BCUT2D eigenvalue weighted by Crippen LogP contribution is 2.31. The van der Waals surface area contributed by atoms with Crippen molar-refractivity contribution < 1.29 is 19.1 Å². The van der Waals surface area contributed by atoms with Crippen molar-refractivity contribution in [2.24, 2.45) is 5.92 Å². The second-order valence-corrected chi connectivity index (χ2v) is 6.73. The van der Waals surface area contributed by atoms with Crippen LogP contribution in [0.25, 0.3) is 0 Å². The Morgan fingerprint density at radius 3 is 2.40 bits per heavy atom. The fraction of sp³-hybridized carbons (Fsp3) is 0.632. The summed E-state index contributed by atoms with van der Waals surface area (Å²) in [5.74, 6) is -0.100. The zero-order valence-corrected chi connectivity index (χ0v) is 15.8. The van der Waals surface area contributed by atoms with Gasteiger partial charge in [0.2, 0.25) is 5.91 Å². The van der Waals surface area contributed by atoms with Crippen LogP contribution in [0.3, 0.4) is 0 Å². The minimum atomic E-state index is -0.545. The number of nitrogens with one attached hydrogen (secondary N) is 1. The second kappa shape index (κ2) is 7.85. The van der Waals surface area contributed by atoms with Crippen LogP contribution in [-0.4, -0.2) is 46.7 Å². The van der Waals surface area contributed by atoms with Crippen molar-refractivity contribution in [2.45, 2.75) is 59.9 Å². The number of H-pyrrole nitrogens is 1.